The van der Waals surface area contributed by atoms with Crippen LogP contribution in [-0.2, 0) is 10.2 Å². The molecule has 3 heterocycles. The van der Waals surface area contributed by atoms with Gasteiger partial charge in [0.1, 0.15) is 17.5 Å². The molecular weight excluding hydrogens is 312 g/mol. The van der Waals surface area contributed by atoms with Gasteiger partial charge in [0.15, 0.2) is 5.82 Å². The number of nitrogens with two attached hydrogens (primary N) is 1. The van der Waals surface area contributed by atoms with E-state index in [0.717, 1.165) is 0 Å². The molecule has 1 aromatic carbocycles. The molecule has 3 aliphatic rings. The molecule has 1 saturated heterocycles. The zero-order valence-corrected chi connectivity index (χ0v) is 12.4. The van der Waals surface area contributed by atoms with Crippen molar-refractivity contribution in [3.05, 3.63) is 62.9 Å². The van der Waals surface area contributed by atoms with Gasteiger partial charge in [-0.3, -0.25) is 14.9 Å². The van der Waals surface area contributed by atoms with Crippen LogP contribution in [0, 0.1) is 21.4 Å². The summed E-state index contributed by atoms with van der Waals surface area (Å²) >= 11 is 0. The van der Waals surface area contributed by atoms with Crippen molar-refractivity contribution in [2.75, 3.05) is 18.4 Å². The highest BCUT2D eigenvalue weighted by atomic mass is 16.6. The first-order valence-electron chi connectivity index (χ1n) is 7.25. The molecule has 4 N–H and O–H groups in total. The standard InChI is InChI=1S/C15H12N6O3/c16-7-9-12(17)20-6-5-18-13(20)11(21(23)24)15(9)8-3-1-2-4-10(8)19-14(15)22/h1-4,18H,5-6,17H2,(H,19,22). The maximum absolute atomic E-state index is 12.9. The van der Waals surface area contributed by atoms with Crippen molar-refractivity contribution < 1.29 is 9.72 Å². The highest BCUT2D eigenvalue weighted by molar-refractivity contribution is 6.11. The molecule has 1 spiro atoms. The van der Waals surface area contributed by atoms with Gasteiger partial charge >= 0.3 is 5.70 Å². The lowest BCUT2D eigenvalue weighted by atomic mass is 9.71. The number of anilines is 1. The van der Waals surface area contributed by atoms with Crippen molar-refractivity contribution in [1.82, 2.24) is 10.2 Å². The molecule has 0 radical (unpaired) electrons. The number of amides is 1. The van der Waals surface area contributed by atoms with Crippen LogP contribution < -0.4 is 16.4 Å². The Balaban J connectivity index is 2.16. The summed E-state index contributed by atoms with van der Waals surface area (Å²) in [5, 5.41) is 27.2. The summed E-state index contributed by atoms with van der Waals surface area (Å²) in [5.41, 5.74) is 4.59. The van der Waals surface area contributed by atoms with E-state index in [4.69, 9.17) is 5.73 Å². The molecule has 1 atom stereocenters. The van der Waals surface area contributed by atoms with E-state index in [9.17, 15) is 20.2 Å². The first-order valence-corrected chi connectivity index (χ1v) is 7.25. The first-order chi connectivity index (χ1) is 11.5. The molecule has 9 nitrogen and oxygen atoms in total. The Kier molecular flexibility index (Phi) is 2.63. The number of carbonyl (C=O) groups is 1. The van der Waals surface area contributed by atoms with Gasteiger partial charge in [-0.25, -0.2) is 0 Å². The predicted molar refractivity (Wildman–Crippen MR) is 82.3 cm³/mol. The lowest BCUT2D eigenvalue weighted by Crippen LogP contribution is -2.49. The fourth-order valence-corrected chi connectivity index (χ4v) is 3.67. The zero-order valence-electron chi connectivity index (χ0n) is 12.4. The fraction of sp³-hybridized carbons (Fsp3) is 0.200. The van der Waals surface area contributed by atoms with Crippen molar-refractivity contribution in [3.8, 4) is 6.07 Å². The second-order valence-corrected chi connectivity index (χ2v) is 5.65. The minimum atomic E-state index is -1.85. The number of nitrogens with one attached hydrogen (secondary N) is 2. The minimum Gasteiger partial charge on any atom is -0.384 e. The molecule has 3 aliphatic heterocycles. The number of nitro groups is 1. The first kappa shape index (κ1) is 14.1. The molecule has 9 heteroatoms. The predicted octanol–water partition coefficient (Wildman–Crippen LogP) is -0.0650. The summed E-state index contributed by atoms with van der Waals surface area (Å²) in [6, 6.07) is 8.56. The molecule has 24 heavy (non-hydrogen) atoms. The zero-order chi connectivity index (χ0) is 17.1. The smallest absolute Gasteiger partial charge is 0.311 e. The van der Waals surface area contributed by atoms with Gasteiger partial charge in [0, 0.05) is 24.3 Å². The summed E-state index contributed by atoms with van der Waals surface area (Å²) in [6.07, 6.45) is 0. The van der Waals surface area contributed by atoms with Gasteiger partial charge in [0.2, 0.25) is 5.41 Å². The number of nitriles is 1. The Labute approximate surface area is 136 Å². The van der Waals surface area contributed by atoms with Crippen LogP contribution in [0.3, 0.4) is 0 Å². The molecule has 4 rings (SSSR count). The van der Waals surface area contributed by atoms with Crippen molar-refractivity contribution >= 4 is 11.6 Å². The number of hydrogen-bond acceptors (Lipinski definition) is 7. The second-order valence-electron chi connectivity index (χ2n) is 5.65. The Bertz CT molecular complexity index is 912. The molecule has 1 amide bonds. The molecule has 0 saturated carbocycles. The SMILES string of the molecule is N#CC1=C(N)N2CCNC2=C([N+](=O)[O-])C12C(=O)Nc1ccccc12. The van der Waals surface area contributed by atoms with Crippen molar-refractivity contribution in [2.24, 2.45) is 5.73 Å². The van der Waals surface area contributed by atoms with E-state index in [0.29, 0.717) is 24.3 Å². The van der Waals surface area contributed by atoms with Crippen LogP contribution in [0.15, 0.2) is 47.2 Å². The molecule has 0 bridgehead atoms. The minimum absolute atomic E-state index is 0.0648. The Morgan fingerprint density at radius 2 is 2.17 bits per heavy atom. The summed E-state index contributed by atoms with van der Waals surface area (Å²) in [5.74, 6) is -0.408. The van der Waals surface area contributed by atoms with E-state index < -0.39 is 16.2 Å². The van der Waals surface area contributed by atoms with E-state index in [1.165, 1.54) is 4.90 Å². The third-order valence-electron chi connectivity index (χ3n) is 4.61. The van der Waals surface area contributed by atoms with Crippen LogP contribution in [0.2, 0.25) is 0 Å². The van der Waals surface area contributed by atoms with Crippen LogP contribution in [-0.4, -0.2) is 28.8 Å². The number of para-hydroxylation sites is 1. The van der Waals surface area contributed by atoms with Gasteiger partial charge in [-0.2, -0.15) is 5.26 Å². The highest BCUT2D eigenvalue weighted by Crippen LogP contribution is 2.52. The maximum Gasteiger partial charge on any atom is 0.311 e. The quantitative estimate of drug-likeness (QED) is 0.486. The number of benzene rings is 1. The Morgan fingerprint density at radius 3 is 2.88 bits per heavy atom. The molecule has 0 aliphatic carbocycles. The van der Waals surface area contributed by atoms with Crippen LogP contribution in [0.5, 0.6) is 0 Å². The third-order valence-corrected chi connectivity index (χ3v) is 4.61. The Morgan fingerprint density at radius 1 is 1.42 bits per heavy atom. The molecule has 1 fully saturated rings. The summed E-state index contributed by atoms with van der Waals surface area (Å²) in [4.78, 5) is 25.7. The lowest BCUT2D eigenvalue weighted by Gasteiger charge is -2.34. The monoisotopic (exact) mass is 324 g/mol. The molecule has 1 unspecified atom stereocenters. The largest absolute Gasteiger partial charge is 0.384 e. The highest BCUT2D eigenvalue weighted by Gasteiger charge is 2.64. The maximum atomic E-state index is 12.9. The van der Waals surface area contributed by atoms with E-state index in [1.807, 2.05) is 6.07 Å². The third kappa shape index (κ3) is 1.40. The number of rotatable bonds is 1. The number of fused-ring (bicyclic) bond motifs is 3. The van der Waals surface area contributed by atoms with E-state index in [2.05, 4.69) is 10.6 Å². The average Bonchev–Trinajstić information content (AvgIpc) is 3.13. The lowest BCUT2D eigenvalue weighted by molar-refractivity contribution is -0.435. The topological polar surface area (TPSA) is 137 Å². The van der Waals surface area contributed by atoms with Crippen LogP contribution in [0.4, 0.5) is 5.69 Å². The van der Waals surface area contributed by atoms with Crippen molar-refractivity contribution in [3.63, 3.8) is 0 Å². The van der Waals surface area contributed by atoms with E-state index in [1.54, 1.807) is 24.3 Å². The van der Waals surface area contributed by atoms with Gasteiger partial charge in [-0.1, -0.05) is 18.2 Å². The molecular formula is C15H12N6O3. The normalized spacial score (nSPS) is 24.5. The van der Waals surface area contributed by atoms with Gasteiger partial charge < -0.3 is 21.3 Å². The average molecular weight is 324 g/mol. The Hall–Kier alpha value is -3.54. The second kappa shape index (κ2) is 4.48. The number of hydrogen-bond donors (Lipinski definition) is 3. The summed E-state index contributed by atoms with van der Waals surface area (Å²) in [6.45, 7) is 0.828. The number of nitrogens with zero attached hydrogens (tertiary/aromatic N) is 3. The summed E-state index contributed by atoms with van der Waals surface area (Å²) < 4.78 is 0. The van der Waals surface area contributed by atoms with Gasteiger partial charge in [-0.15, -0.1) is 0 Å². The summed E-state index contributed by atoms with van der Waals surface area (Å²) in [7, 11) is 0. The fourth-order valence-electron chi connectivity index (χ4n) is 3.67. The molecule has 0 aromatic heterocycles. The van der Waals surface area contributed by atoms with Crippen LogP contribution >= 0.6 is 0 Å². The number of carbonyl (C=O) groups excluding carboxylic acids is 1. The van der Waals surface area contributed by atoms with Gasteiger partial charge in [-0.05, 0) is 6.07 Å². The van der Waals surface area contributed by atoms with Crippen LogP contribution in [0.25, 0.3) is 0 Å². The van der Waals surface area contributed by atoms with Gasteiger partial charge in [0.25, 0.3) is 5.91 Å². The molecule has 1 aromatic rings. The van der Waals surface area contributed by atoms with E-state index >= 15 is 0 Å². The van der Waals surface area contributed by atoms with Crippen molar-refractivity contribution in [2.45, 2.75) is 5.41 Å². The van der Waals surface area contributed by atoms with Crippen molar-refractivity contribution in [1.29, 1.82) is 5.26 Å². The van der Waals surface area contributed by atoms with Crippen LogP contribution in [0.1, 0.15) is 5.56 Å². The van der Waals surface area contributed by atoms with Gasteiger partial charge in [0.05, 0.1) is 4.92 Å². The van der Waals surface area contributed by atoms with E-state index in [-0.39, 0.29) is 22.9 Å². The molecule has 120 valence electrons.